The SMILES string of the molecule is CCOCCCN(C(=O)Cn1nnc(-c2ccc(OC)c(OC)c2)n1)[C@@H](C(=O)NC1CCCCC1)c1ccco1. The highest BCUT2D eigenvalue weighted by molar-refractivity contribution is 5.88. The van der Waals surface area contributed by atoms with Crippen LogP contribution in [0.1, 0.15) is 57.3 Å². The van der Waals surface area contributed by atoms with Crippen LogP contribution in [-0.2, 0) is 20.9 Å². The average molecular weight is 555 g/mol. The lowest BCUT2D eigenvalue weighted by molar-refractivity contribution is -0.143. The normalized spacial score (nSPS) is 14.5. The molecule has 12 heteroatoms. The van der Waals surface area contributed by atoms with Gasteiger partial charge in [-0.3, -0.25) is 9.59 Å². The van der Waals surface area contributed by atoms with E-state index in [1.54, 1.807) is 44.6 Å². The van der Waals surface area contributed by atoms with Crippen LogP contribution in [0, 0.1) is 0 Å². The summed E-state index contributed by atoms with van der Waals surface area (Å²) < 4.78 is 21.8. The van der Waals surface area contributed by atoms with Gasteiger partial charge in [-0.25, -0.2) is 0 Å². The van der Waals surface area contributed by atoms with Crippen molar-refractivity contribution < 1.29 is 28.2 Å². The third kappa shape index (κ3) is 7.38. The van der Waals surface area contributed by atoms with Crippen molar-refractivity contribution in [1.29, 1.82) is 0 Å². The first-order chi connectivity index (χ1) is 19.5. The second-order valence-corrected chi connectivity index (χ2v) is 9.61. The largest absolute Gasteiger partial charge is 0.493 e. The van der Waals surface area contributed by atoms with Crippen LogP contribution in [0.2, 0.25) is 0 Å². The zero-order chi connectivity index (χ0) is 28.3. The molecule has 1 aliphatic rings. The molecule has 1 saturated carbocycles. The summed E-state index contributed by atoms with van der Waals surface area (Å²) >= 11 is 0. The second kappa shape index (κ2) is 14.5. The number of carbonyl (C=O) groups excluding carboxylic acids is 2. The van der Waals surface area contributed by atoms with Crippen molar-refractivity contribution >= 4 is 11.8 Å². The molecule has 4 rings (SSSR count). The van der Waals surface area contributed by atoms with E-state index in [2.05, 4.69) is 20.7 Å². The van der Waals surface area contributed by atoms with Crippen LogP contribution in [-0.4, -0.2) is 76.9 Å². The predicted octanol–water partition coefficient (Wildman–Crippen LogP) is 3.40. The Morgan fingerprint density at radius 2 is 1.95 bits per heavy atom. The van der Waals surface area contributed by atoms with E-state index in [9.17, 15) is 9.59 Å². The number of amides is 2. The summed E-state index contributed by atoms with van der Waals surface area (Å²) in [7, 11) is 3.10. The fraction of sp³-hybridized carbons (Fsp3) is 0.536. The van der Waals surface area contributed by atoms with E-state index in [4.69, 9.17) is 18.6 Å². The van der Waals surface area contributed by atoms with Crippen molar-refractivity contribution in [1.82, 2.24) is 30.4 Å². The van der Waals surface area contributed by atoms with Crippen molar-refractivity contribution in [2.45, 2.75) is 64.1 Å². The molecule has 0 saturated heterocycles. The number of benzene rings is 1. The molecule has 1 aliphatic carbocycles. The molecule has 2 amide bonds. The van der Waals surface area contributed by atoms with Crippen LogP contribution in [0.3, 0.4) is 0 Å². The van der Waals surface area contributed by atoms with Gasteiger partial charge < -0.3 is 28.8 Å². The smallest absolute Gasteiger partial charge is 0.250 e. The lowest BCUT2D eigenvalue weighted by Gasteiger charge is -2.32. The molecule has 0 aliphatic heterocycles. The number of nitrogens with one attached hydrogen (secondary N) is 1. The Morgan fingerprint density at radius 3 is 2.65 bits per heavy atom. The van der Waals surface area contributed by atoms with E-state index in [1.165, 1.54) is 22.4 Å². The van der Waals surface area contributed by atoms with Crippen molar-refractivity contribution in [3.8, 4) is 22.9 Å². The van der Waals surface area contributed by atoms with E-state index in [0.717, 1.165) is 25.7 Å². The Hall–Kier alpha value is -3.93. The summed E-state index contributed by atoms with van der Waals surface area (Å²) in [6, 6.07) is 7.86. The number of carbonyl (C=O) groups is 2. The lowest BCUT2D eigenvalue weighted by atomic mass is 9.95. The molecule has 3 aromatic rings. The van der Waals surface area contributed by atoms with E-state index >= 15 is 0 Å². The summed E-state index contributed by atoms with van der Waals surface area (Å²) in [6.07, 6.45) is 7.24. The number of tetrazole rings is 1. The molecular weight excluding hydrogens is 516 g/mol. The third-order valence-corrected chi connectivity index (χ3v) is 6.91. The maximum Gasteiger partial charge on any atom is 0.250 e. The van der Waals surface area contributed by atoms with Gasteiger partial charge in [-0.1, -0.05) is 19.3 Å². The molecule has 0 spiro atoms. The molecule has 1 aromatic carbocycles. The summed E-state index contributed by atoms with van der Waals surface area (Å²) in [6.45, 7) is 3.03. The molecule has 216 valence electrons. The number of methoxy groups -OCH3 is 2. The minimum Gasteiger partial charge on any atom is -0.493 e. The molecule has 0 unspecified atom stereocenters. The quantitative estimate of drug-likeness (QED) is 0.298. The van der Waals surface area contributed by atoms with E-state index in [-0.39, 0.29) is 24.4 Å². The van der Waals surface area contributed by atoms with Crippen LogP contribution in [0.25, 0.3) is 11.4 Å². The molecule has 0 bridgehead atoms. The molecule has 1 fully saturated rings. The minimum absolute atomic E-state index is 0.0834. The molecule has 12 nitrogen and oxygen atoms in total. The van der Waals surface area contributed by atoms with Gasteiger partial charge in [0.1, 0.15) is 12.3 Å². The van der Waals surface area contributed by atoms with Crippen LogP contribution < -0.4 is 14.8 Å². The van der Waals surface area contributed by atoms with Gasteiger partial charge in [0.05, 0.1) is 20.5 Å². The van der Waals surface area contributed by atoms with Crippen LogP contribution in [0.15, 0.2) is 41.0 Å². The van der Waals surface area contributed by atoms with Crippen molar-refractivity contribution in [2.75, 3.05) is 34.0 Å². The zero-order valence-electron chi connectivity index (χ0n) is 23.4. The first-order valence-corrected chi connectivity index (χ1v) is 13.7. The van der Waals surface area contributed by atoms with E-state index in [0.29, 0.717) is 54.8 Å². The Balaban J connectivity index is 1.55. The fourth-order valence-electron chi connectivity index (χ4n) is 4.89. The highest BCUT2D eigenvalue weighted by atomic mass is 16.5. The van der Waals surface area contributed by atoms with Gasteiger partial charge in [0.2, 0.25) is 11.7 Å². The van der Waals surface area contributed by atoms with Gasteiger partial charge >= 0.3 is 0 Å². The van der Waals surface area contributed by atoms with Crippen LogP contribution in [0.5, 0.6) is 11.5 Å². The number of rotatable bonds is 14. The number of nitrogens with zero attached hydrogens (tertiary/aromatic N) is 5. The minimum atomic E-state index is -0.931. The number of furan rings is 1. The molecule has 1 atom stereocenters. The standard InChI is InChI=1S/C28H38N6O6/c1-4-39-16-9-15-33(26(23-12-8-17-40-23)28(36)29-21-10-6-5-7-11-21)25(35)19-34-31-27(30-32-34)20-13-14-22(37-2)24(18-20)38-3/h8,12-14,17-18,21,26H,4-7,9-11,15-16,19H2,1-3H3,(H,29,36)/t26-/m1/s1. The first kappa shape index (κ1) is 29.1. The van der Waals surface area contributed by atoms with Crippen molar-refractivity contribution in [3.63, 3.8) is 0 Å². The van der Waals surface area contributed by atoms with Gasteiger partial charge in [-0.05, 0) is 61.7 Å². The van der Waals surface area contributed by atoms with E-state index in [1.807, 2.05) is 6.92 Å². The van der Waals surface area contributed by atoms with Crippen LogP contribution in [0.4, 0.5) is 0 Å². The maximum absolute atomic E-state index is 13.7. The number of ether oxygens (including phenoxy) is 3. The van der Waals surface area contributed by atoms with Crippen LogP contribution >= 0.6 is 0 Å². The molecular formula is C28H38N6O6. The summed E-state index contributed by atoms with van der Waals surface area (Å²) in [5.74, 6) is 1.23. The monoisotopic (exact) mass is 554 g/mol. The van der Waals surface area contributed by atoms with Gasteiger partial charge in [0.15, 0.2) is 17.5 Å². The number of hydrogen-bond donors (Lipinski definition) is 1. The number of aromatic nitrogens is 4. The Kier molecular flexibility index (Phi) is 10.5. The molecule has 1 N–H and O–H groups in total. The second-order valence-electron chi connectivity index (χ2n) is 9.61. The molecule has 2 aromatic heterocycles. The van der Waals surface area contributed by atoms with Gasteiger partial charge in [-0.2, -0.15) is 4.80 Å². The molecule has 0 radical (unpaired) electrons. The maximum atomic E-state index is 13.7. The summed E-state index contributed by atoms with van der Waals surface area (Å²) in [5.41, 5.74) is 0.658. The van der Waals surface area contributed by atoms with Gasteiger partial charge in [0, 0.05) is 31.4 Å². The van der Waals surface area contributed by atoms with E-state index < -0.39 is 6.04 Å². The molecule has 2 heterocycles. The zero-order valence-corrected chi connectivity index (χ0v) is 23.4. The first-order valence-electron chi connectivity index (χ1n) is 13.7. The van der Waals surface area contributed by atoms with Crippen molar-refractivity contribution in [2.24, 2.45) is 0 Å². The third-order valence-electron chi connectivity index (χ3n) is 6.91. The molecule has 40 heavy (non-hydrogen) atoms. The van der Waals surface area contributed by atoms with Gasteiger partial charge in [-0.15, -0.1) is 10.2 Å². The summed E-state index contributed by atoms with van der Waals surface area (Å²) in [5, 5.41) is 15.8. The Morgan fingerprint density at radius 1 is 1.15 bits per heavy atom. The average Bonchev–Trinajstić information content (AvgIpc) is 3.67. The Bertz CT molecular complexity index is 1220. The van der Waals surface area contributed by atoms with Gasteiger partial charge in [0.25, 0.3) is 5.91 Å². The Labute approximate surface area is 233 Å². The highest BCUT2D eigenvalue weighted by Gasteiger charge is 2.35. The van der Waals surface area contributed by atoms with Crippen molar-refractivity contribution in [3.05, 3.63) is 42.4 Å². The topological polar surface area (TPSA) is 134 Å². The number of hydrogen-bond acceptors (Lipinski definition) is 9. The summed E-state index contributed by atoms with van der Waals surface area (Å²) in [4.78, 5) is 30.1. The fourth-order valence-corrected chi connectivity index (χ4v) is 4.89. The lowest BCUT2D eigenvalue weighted by Crippen LogP contribution is -2.48. The predicted molar refractivity (Wildman–Crippen MR) is 146 cm³/mol. The highest BCUT2D eigenvalue weighted by Crippen LogP contribution is 2.31.